The summed E-state index contributed by atoms with van der Waals surface area (Å²) < 4.78 is 19.9. The zero-order valence-corrected chi connectivity index (χ0v) is 12.9. The van der Waals surface area contributed by atoms with Gasteiger partial charge in [0.1, 0.15) is 6.10 Å². The molecule has 0 saturated carbocycles. The summed E-state index contributed by atoms with van der Waals surface area (Å²) in [7, 11) is 0. The van der Waals surface area contributed by atoms with Gasteiger partial charge in [0.15, 0.2) is 11.6 Å². The highest BCUT2D eigenvalue weighted by Crippen LogP contribution is 2.22. The molecule has 0 aliphatic rings. The number of benzene rings is 1. The Morgan fingerprint density at radius 2 is 2.26 bits per heavy atom. The van der Waals surface area contributed by atoms with E-state index in [-0.39, 0.29) is 17.7 Å². The van der Waals surface area contributed by atoms with E-state index in [4.69, 9.17) is 4.74 Å². The van der Waals surface area contributed by atoms with Gasteiger partial charge in [-0.3, -0.25) is 0 Å². The average Bonchev–Trinajstić information content (AvgIpc) is 2.86. The normalized spacial score (nSPS) is 12.4. The first-order valence-corrected chi connectivity index (χ1v) is 7.67. The van der Waals surface area contributed by atoms with E-state index in [9.17, 15) is 4.39 Å². The topological polar surface area (TPSA) is 21.3 Å². The van der Waals surface area contributed by atoms with Crippen LogP contribution >= 0.6 is 27.3 Å². The Morgan fingerprint density at radius 1 is 1.42 bits per heavy atom. The van der Waals surface area contributed by atoms with E-state index in [0.29, 0.717) is 11.0 Å². The summed E-state index contributed by atoms with van der Waals surface area (Å²) in [5, 5.41) is 5.34. The smallest absolute Gasteiger partial charge is 0.166 e. The fraction of sp³-hybridized carbons (Fsp3) is 0.286. The van der Waals surface area contributed by atoms with Gasteiger partial charge in [0, 0.05) is 22.4 Å². The molecule has 0 saturated heterocycles. The molecule has 1 heterocycles. The molecular weight excluding hydrogens is 329 g/mol. The van der Waals surface area contributed by atoms with E-state index in [1.54, 1.807) is 23.5 Å². The van der Waals surface area contributed by atoms with Gasteiger partial charge in [-0.05, 0) is 36.6 Å². The Balaban J connectivity index is 1.79. The number of hydrogen-bond donors (Lipinski definition) is 1. The van der Waals surface area contributed by atoms with Crippen LogP contribution in [-0.4, -0.2) is 12.6 Å². The maximum absolute atomic E-state index is 13.6. The zero-order valence-electron chi connectivity index (χ0n) is 10.5. The molecule has 1 unspecified atom stereocenters. The molecule has 2 aromatic rings. The second-order valence-electron chi connectivity index (χ2n) is 4.21. The predicted molar refractivity (Wildman–Crippen MR) is 80.2 cm³/mol. The van der Waals surface area contributed by atoms with Crippen molar-refractivity contribution >= 4 is 27.3 Å². The fourth-order valence-electron chi connectivity index (χ4n) is 1.64. The Labute approximate surface area is 124 Å². The van der Waals surface area contributed by atoms with E-state index >= 15 is 0 Å². The molecule has 2 rings (SSSR count). The predicted octanol–water partition coefficient (Wildman–Crippen LogP) is 4.21. The molecule has 5 heteroatoms. The van der Waals surface area contributed by atoms with Gasteiger partial charge < -0.3 is 10.1 Å². The van der Waals surface area contributed by atoms with Gasteiger partial charge in [-0.25, -0.2) is 4.39 Å². The van der Waals surface area contributed by atoms with E-state index in [0.717, 1.165) is 6.54 Å². The van der Waals surface area contributed by atoms with E-state index in [1.807, 2.05) is 18.4 Å². The van der Waals surface area contributed by atoms with Gasteiger partial charge >= 0.3 is 0 Å². The largest absolute Gasteiger partial charge is 0.486 e. The van der Waals surface area contributed by atoms with Crippen molar-refractivity contribution in [3.63, 3.8) is 0 Å². The SMILES string of the molecule is CC(CNCc1cccs1)Oc1ccc(Br)cc1F. The molecule has 102 valence electrons. The van der Waals surface area contributed by atoms with Gasteiger partial charge in [0.25, 0.3) is 0 Å². The lowest BCUT2D eigenvalue weighted by Gasteiger charge is -2.15. The van der Waals surface area contributed by atoms with Crippen LogP contribution in [0.4, 0.5) is 4.39 Å². The van der Waals surface area contributed by atoms with Crippen LogP contribution in [0.5, 0.6) is 5.75 Å². The first-order chi connectivity index (χ1) is 9.15. The Morgan fingerprint density at radius 3 is 2.95 bits per heavy atom. The minimum absolute atomic E-state index is 0.0874. The Bertz CT molecular complexity index is 518. The van der Waals surface area contributed by atoms with Crippen molar-refractivity contribution in [2.24, 2.45) is 0 Å². The number of thiophene rings is 1. The molecule has 0 bridgehead atoms. The number of hydrogen-bond acceptors (Lipinski definition) is 3. The maximum atomic E-state index is 13.6. The number of nitrogens with one attached hydrogen (secondary N) is 1. The molecular formula is C14H15BrFNOS. The quantitative estimate of drug-likeness (QED) is 0.848. The van der Waals surface area contributed by atoms with Crippen molar-refractivity contribution in [1.29, 1.82) is 0 Å². The van der Waals surface area contributed by atoms with Gasteiger partial charge in [-0.15, -0.1) is 11.3 Å². The standard InChI is InChI=1S/C14H15BrFNOS/c1-10(8-17-9-12-3-2-6-19-12)18-14-5-4-11(15)7-13(14)16/h2-7,10,17H,8-9H2,1H3. The van der Waals surface area contributed by atoms with E-state index in [1.165, 1.54) is 10.9 Å². The molecule has 0 aliphatic heterocycles. The highest BCUT2D eigenvalue weighted by molar-refractivity contribution is 9.10. The lowest BCUT2D eigenvalue weighted by molar-refractivity contribution is 0.207. The molecule has 1 aromatic carbocycles. The molecule has 0 fully saturated rings. The van der Waals surface area contributed by atoms with Gasteiger partial charge in [0.05, 0.1) is 0 Å². The second-order valence-corrected chi connectivity index (χ2v) is 6.16. The summed E-state index contributed by atoms with van der Waals surface area (Å²) >= 11 is 4.93. The van der Waals surface area contributed by atoms with Crippen LogP contribution in [0.25, 0.3) is 0 Å². The number of halogens is 2. The summed E-state index contributed by atoms with van der Waals surface area (Å²) in [6.07, 6.45) is -0.0874. The number of ether oxygens (including phenoxy) is 1. The summed E-state index contributed by atoms with van der Waals surface area (Å²) in [4.78, 5) is 1.28. The van der Waals surface area contributed by atoms with Crippen LogP contribution in [-0.2, 0) is 6.54 Å². The third-order valence-corrected chi connectivity index (χ3v) is 3.90. The molecule has 0 aliphatic carbocycles. The van der Waals surface area contributed by atoms with Crippen LogP contribution in [0.2, 0.25) is 0 Å². The summed E-state index contributed by atoms with van der Waals surface area (Å²) in [5.74, 6) is -0.0619. The lowest BCUT2D eigenvalue weighted by Crippen LogP contribution is -2.28. The Kier molecular flexibility index (Phi) is 5.36. The minimum Gasteiger partial charge on any atom is -0.486 e. The fourth-order valence-corrected chi connectivity index (χ4v) is 2.65. The van der Waals surface area contributed by atoms with Gasteiger partial charge in [-0.2, -0.15) is 0 Å². The Hall–Kier alpha value is -0.910. The van der Waals surface area contributed by atoms with Crippen LogP contribution in [0.1, 0.15) is 11.8 Å². The first-order valence-electron chi connectivity index (χ1n) is 6.00. The van der Waals surface area contributed by atoms with E-state index in [2.05, 4.69) is 27.3 Å². The molecule has 0 radical (unpaired) electrons. The third kappa shape index (κ3) is 4.60. The van der Waals surface area contributed by atoms with Crippen LogP contribution in [0, 0.1) is 5.82 Å². The molecule has 1 aromatic heterocycles. The molecule has 19 heavy (non-hydrogen) atoms. The third-order valence-electron chi connectivity index (χ3n) is 2.53. The molecule has 2 nitrogen and oxygen atoms in total. The van der Waals surface area contributed by atoms with E-state index < -0.39 is 0 Å². The summed E-state index contributed by atoms with van der Waals surface area (Å²) in [5.41, 5.74) is 0. The van der Waals surface area contributed by atoms with Crippen molar-refractivity contribution in [2.75, 3.05) is 6.54 Å². The lowest BCUT2D eigenvalue weighted by atomic mass is 10.3. The molecule has 0 amide bonds. The van der Waals surface area contributed by atoms with Crippen molar-refractivity contribution in [3.8, 4) is 5.75 Å². The average molecular weight is 344 g/mol. The van der Waals surface area contributed by atoms with Crippen LogP contribution < -0.4 is 10.1 Å². The second kappa shape index (κ2) is 7.03. The monoisotopic (exact) mass is 343 g/mol. The summed E-state index contributed by atoms with van der Waals surface area (Å²) in [6.45, 7) is 3.41. The zero-order chi connectivity index (χ0) is 13.7. The first kappa shape index (κ1) is 14.5. The van der Waals surface area contributed by atoms with Crippen molar-refractivity contribution in [1.82, 2.24) is 5.32 Å². The molecule has 1 atom stereocenters. The van der Waals surface area contributed by atoms with Gasteiger partial charge in [0.2, 0.25) is 0 Å². The van der Waals surface area contributed by atoms with Crippen LogP contribution in [0.15, 0.2) is 40.2 Å². The highest BCUT2D eigenvalue weighted by Gasteiger charge is 2.08. The maximum Gasteiger partial charge on any atom is 0.166 e. The van der Waals surface area contributed by atoms with Crippen LogP contribution in [0.3, 0.4) is 0 Å². The minimum atomic E-state index is -0.348. The van der Waals surface area contributed by atoms with Crippen molar-refractivity contribution < 1.29 is 9.13 Å². The highest BCUT2D eigenvalue weighted by atomic mass is 79.9. The molecule has 0 spiro atoms. The van der Waals surface area contributed by atoms with Gasteiger partial charge in [-0.1, -0.05) is 22.0 Å². The summed E-state index contributed by atoms with van der Waals surface area (Å²) in [6, 6.07) is 8.91. The number of rotatable bonds is 6. The van der Waals surface area contributed by atoms with Crippen molar-refractivity contribution in [3.05, 3.63) is 50.9 Å². The van der Waals surface area contributed by atoms with Crippen molar-refractivity contribution in [2.45, 2.75) is 19.6 Å². The molecule has 1 N–H and O–H groups in total.